The Labute approximate surface area is 109 Å². The first-order chi connectivity index (χ1) is 8.49. The van der Waals surface area contributed by atoms with Crippen LogP contribution in [0.15, 0.2) is 0 Å². The van der Waals surface area contributed by atoms with E-state index in [2.05, 4.69) is 5.32 Å². The number of carbonyl (C=O) groups excluding carboxylic acids is 1. The summed E-state index contributed by atoms with van der Waals surface area (Å²) >= 11 is 0. The van der Waals surface area contributed by atoms with Gasteiger partial charge in [-0.25, -0.2) is 0 Å². The molecular formula is C13H24N2O3. The smallest absolute Gasteiger partial charge is 0.317 e. The van der Waals surface area contributed by atoms with Gasteiger partial charge in [0.15, 0.2) is 0 Å². The summed E-state index contributed by atoms with van der Waals surface area (Å²) in [6.45, 7) is 4.87. The van der Waals surface area contributed by atoms with Crippen LogP contribution < -0.4 is 5.32 Å². The number of amides is 1. The molecule has 0 aromatic carbocycles. The molecule has 1 aliphatic carbocycles. The molecule has 1 aliphatic rings. The lowest BCUT2D eigenvalue weighted by Crippen LogP contribution is -2.45. The highest BCUT2D eigenvalue weighted by atomic mass is 16.4. The van der Waals surface area contributed by atoms with Crippen molar-refractivity contribution in [2.45, 2.75) is 45.6 Å². The second-order valence-corrected chi connectivity index (χ2v) is 5.43. The van der Waals surface area contributed by atoms with E-state index < -0.39 is 5.97 Å². The topological polar surface area (TPSA) is 69.6 Å². The molecule has 18 heavy (non-hydrogen) atoms. The second-order valence-electron chi connectivity index (χ2n) is 5.43. The third-order valence-electron chi connectivity index (χ3n) is 3.23. The Kier molecular flexibility index (Phi) is 6.12. The van der Waals surface area contributed by atoms with Crippen molar-refractivity contribution in [2.24, 2.45) is 5.92 Å². The van der Waals surface area contributed by atoms with Crippen LogP contribution in [0.3, 0.4) is 0 Å². The quantitative estimate of drug-likeness (QED) is 0.715. The van der Waals surface area contributed by atoms with Crippen molar-refractivity contribution in [3.8, 4) is 0 Å². The fourth-order valence-electron chi connectivity index (χ4n) is 2.32. The van der Waals surface area contributed by atoms with Gasteiger partial charge in [-0.3, -0.25) is 14.5 Å². The van der Waals surface area contributed by atoms with Gasteiger partial charge in [-0.05, 0) is 18.8 Å². The number of hydrogen-bond donors (Lipinski definition) is 2. The van der Waals surface area contributed by atoms with Crippen molar-refractivity contribution in [3.05, 3.63) is 0 Å². The molecule has 0 unspecified atom stereocenters. The van der Waals surface area contributed by atoms with Crippen LogP contribution in [0.5, 0.6) is 0 Å². The molecule has 5 nitrogen and oxygen atoms in total. The van der Waals surface area contributed by atoms with Crippen LogP contribution >= 0.6 is 0 Å². The minimum atomic E-state index is -0.862. The van der Waals surface area contributed by atoms with Gasteiger partial charge in [0, 0.05) is 12.6 Å². The Morgan fingerprint density at radius 1 is 1.28 bits per heavy atom. The number of carboxylic acids is 1. The zero-order chi connectivity index (χ0) is 13.5. The summed E-state index contributed by atoms with van der Waals surface area (Å²) in [5, 5.41) is 11.7. The standard InChI is InChI=1S/C13H24N2O3/c1-10(2)7-14-12(16)8-15(9-13(17)18)11-5-3-4-6-11/h10-11H,3-9H2,1-2H3,(H,14,16)(H,17,18). The van der Waals surface area contributed by atoms with E-state index in [0.29, 0.717) is 12.5 Å². The molecule has 2 N–H and O–H groups in total. The van der Waals surface area contributed by atoms with Crippen LogP contribution in [0.2, 0.25) is 0 Å². The van der Waals surface area contributed by atoms with Crippen LogP contribution in [0.1, 0.15) is 39.5 Å². The van der Waals surface area contributed by atoms with Crippen molar-refractivity contribution < 1.29 is 14.7 Å². The molecule has 0 aromatic heterocycles. The number of nitrogens with one attached hydrogen (secondary N) is 1. The van der Waals surface area contributed by atoms with Gasteiger partial charge >= 0.3 is 5.97 Å². The maximum Gasteiger partial charge on any atom is 0.317 e. The molecule has 1 rings (SSSR count). The largest absolute Gasteiger partial charge is 0.480 e. The number of aliphatic carboxylic acids is 1. The fourth-order valence-corrected chi connectivity index (χ4v) is 2.32. The number of hydrogen-bond acceptors (Lipinski definition) is 3. The molecule has 0 radical (unpaired) electrons. The molecule has 1 saturated carbocycles. The number of carboxylic acid groups (broad SMARTS) is 1. The van der Waals surface area contributed by atoms with Crippen molar-refractivity contribution in [3.63, 3.8) is 0 Å². The summed E-state index contributed by atoms with van der Waals surface area (Å²) < 4.78 is 0. The van der Waals surface area contributed by atoms with Gasteiger partial charge < -0.3 is 10.4 Å². The molecule has 5 heteroatoms. The highest BCUT2D eigenvalue weighted by Gasteiger charge is 2.25. The van der Waals surface area contributed by atoms with E-state index in [9.17, 15) is 9.59 Å². The molecule has 0 bridgehead atoms. The minimum Gasteiger partial charge on any atom is -0.480 e. The maximum absolute atomic E-state index is 11.8. The van der Waals surface area contributed by atoms with Crippen molar-refractivity contribution in [1.82, 2.24) is 10.2 Å². The highest BCUT2D eigenvalue weighted by Crippen LogP contribution is 2.23. The lowest BCUT2D eigenvalue weighted by molar-refractivity contribution is -0.139. The van der Waals surface area contributed by atoms with Crippen LogP contribution in [0.25, 0.3) is 0 Å². The zero-order valence-electron chi connectivity index (χ0n) is 11.3. The first kappa shape index (κ1) is 15.0. The van der Waals surface area contributed by atoms with Gasteiger partial charge in [-0.2, -0.15) is 0 Å². The first-order valence-corrected chi connectivity index (χ1v) is 6.71. The number of rotatable bonds is 7. The van der Waals surface area contributed by atoms with Gasteiger partial charge in [0.2, 0.25) is 5.91 Å². The van der Waals surface area contributed by atoms with Gasteiger partial charge in [0.05, 0.1) is 13.1 Å². The third kappa shape index (κ3) is 5.49. The van der Waals surface area contributed by atoms with Gasteiger partial charge in [0.25, 0.3) is 0 Å². The minimum absolute atomic E-state index is 0.0419. The van der Waals surface area contributed by atoms with Crippen molar-refractivity contribution in [1.29, 1.82) is 0 Å². The Hall–Kier alpha value is -1.10. The fraction of sp³-hybridized carbons (Fsp3) is 0.846. The average molecular weight is 256 g/mol. The average Bonchev–Trinajstić information content (AvgIpc) is 2.78. The summed E-state index contributed by atoms with van der Waals surface area (Å²) in [5.74, 6) is -0.524. The van der Waals surface area contributed by atoms with Crippen LogP contribution in [0.4, 0.5) is 0 Å². The Morgan fingerprint density at radius 2 is 1.89 bits per heavy atom. The van der Waals surface area contributed by atoms with Crippen LogP contribution in [0, 0.1) is 5.92 Å². The van der Waals surface area contributed by atoms with E-state index >= 15 is 0 Å². The van der Waals surface area contributed by atoms with Gasteiger partial charge in [-0.15, -0.1) is 0 Å². The predicted molar refractivity (Wildman–Crippen MR) is 69.3 cm³/mol. The van der Waals surface area contributed by atoms with Crippen molar-refractivity contribution in [2.75, 3.05) is 19.6 Å². The summed E-state index contributed by atoms with van der Waals surface area (Å²) in [6, 6.07) is 0.255. The second kappa shape index (κ2) is 7.36. The molecule has 0 saturated heterocycles. The highest BCUT2D eigenvalue weighted by molar-refractivity contribution is 5.79. The Morgan fingerprint density at radius 3 is 2.39 bits per heavy atom. The van der Waals surface area contributed by atoms with E-state index in [0.717, 1.165) is 25.7 Å². The van der Waals surface area contributed by atoms with Gasteiger partial charge in [0.1, 0.15) is 0 Å². The Balaban J connectivity index is 2.44. The van der Waals surface area contributed by atoms with Gasteiger partial charge in [-0.1, -0.05) is 26.7 Å². The molecule has 0 spiro atoms. The van der Waals surface area contributed by atoms with E-state index in [1.807, 2.05) is 13.8 Å². The van der Waals surface area contributed by atoms with E-state index in [-0.39, 0.29) is 25.0 Å². The maximum atomic E-state index is 11.8. The molecule has 1 amide bonds. The molecule has 0 atom stereocenters. The molecule has 104 valence electrons. The first-order valence-electron chi connectivity index (χ1n) is 6.71. The molecule has 0 heterocycles. The summed E-state index contributed by atoms with van der Waals surface area (Å²) in [5.41, 5.74) is 0. The number of carbonyl (C=O) groups is 2. The zero-order valence-corrected chi connectivity index (χ0v) is 11.3. The molecule has 1 fully saturated rings. The molecular weight excluding hydrogens is 232 g/mol. The van der Waals surface area contributed by atoms with Crippen LogP contribution in [-0.4, -0.2) is 47.6 Å². The van der Waals surface area contributed by atoms with E-state index in [1.54, 1.807) is 4.90 Å². The lowest BCUT2D eigenvalue weighted by atomic mass is 10.2. The normalized spacial score (nSPS) is 16.4. The monoisotopic (exact) mass is 256 g/mol. The summed E-state index contributed by atoms with van der Waals surface area (Å²) in [7, 11) is 0. The lowest BCUT2D eigenvalue weighted by Gasteiger charge is -2.26. The number of nitrogens with zero attached hydrogens (tertiary/aromatic N) is 1. The van der Waals surface area contributed by atoms with E-state index in [1.165, 1.54) is 0 Å². The Bertz CT molecular complexity index is 286. The van der Waals surface area contributed by atoms with Crippen LogP contribution in [-0.2, 0) is 9.59 Å². The summed E-state index contributed by atoms with van der Waals surface area (Å²) in [4.78, 5) is 24.4. The summed E-state index contributed by atoms with van der Waals surface area (Å²) in [6.07, 6.45) is 4.28. The molecule has 0 aromatic rings. The van der Waals surface area contributed by atoms with Crippen molar-refractivity contribution >= 4 is 11.9 Å². The predicted octanol–water partition coefficient (Wildman–Crippen LogP) is 1.09. The third-order valence-corrected chi connectivity index (χ3v) is 3.23. The van der Waals surface area contributed by atoms with E-state index in [4.69, 9.17) is 5.11 Å². The molecule has 0 aliphatic heterocycles. The SMILES string of the molecule is CC(C)CNC(=O)CN(CC(=O)O)C1CCCC1.